The van der Waals surface area contributed by atoms with Crippen LogP contribution in [-0.2, 0) is 0 Å². The van der Waals surface area contributed by atoms with Crippen LogP contribution in [0.15, 0.2) is 6.07 Å². The van der Waals surface area contributed by atoms with E-state index in [4.69, 9.17) is 11.6 Å². The molecule has 1 aromatic heterocycles. The normalized spacial score (nSPS) is 14.3. The zero-order chi connectivity index (χ0) is 13.0. The van der Waals surface area contributed by atoms with Crippen molar-refractivity contribution in [2.45, 2.75) is 18.6 Å². The molecule has 17 heavy (non-hydrogen) atoms. The quantitative estimate of drug-likeness (QED) is 0.356. The fraction of sp³-hybridized carbons (Fsp3) is 0.444. The summed E-state index contributed by atoms with van der Waals surface area (Å²) in [5.74, 6) is 0.122. The molecule has 0 bridgehead atoms. The molecule has 0 aliphatic carbocycles. The zero-order valence-electron chi connectivity index (χ0n) is 8.58. The van der Waals surface area contributed by atoms with Gasteiger partial charge in [0.2, 0.25) is 0 Å². The summed E-state index contributed by atoms with van der Waals surface area (Å²) >= 11 is 6.06. The molecule has 0 radical (unpaired) electrons. The highest BCUT2D eigenvalue weighted by atomic mass is 35.5. The second-order valence-corrected chi connectivity index (χ2v) is 4.71. The molecule has 1 rings (SSSR count). The largest absolute Gasteiger partial charge is 0.390 e. The van der Waals surface area contributed by atoms with E-state index in [1.165, 1.54) is 6.07 Å². The van der Waals surface area contributed by atoms with E-state index in [2.05, 4.69) is 0 Å². The number of aliphatic hydroxyl groups is 2. The maximum atomic E-state index is 10.7. The Morgan fingerprint density at radius 1 is 1.59 bits per heavy atom. The molecule has 1 heterocycles. The average molecular weight is 280 g/mol. The fourth-order valence-electron chi connectivity index (χ4n) is 1.30. The van der Waals surface area contributed by atoms with Crippen LogP contribution < -0.4 is 0 Å². The van der Waals surface area contributed by atoms with Gasteiger partial charge in [0.25, 0.3) is 0 Å². The number of nitro groups is 1. The molecular formula is C9H10ClNO5S. The first kappa shape index (κ1) is 14.0. The predicted octanol–water partition coefficient (Wildman–Crippen LogP) is 1.49. The number of aliphatic hydroxyl groups excluding tert-OH is 2. The molecule has 2 N–H and O–H groups in total. The molecule has 2 unspecified atom stereocenters. The number of alkyl halides is 1. The zero-order valence-corrected chi connectivity index (χ0v) is 10.1. The van der Waals surface area contributed by atoms with Crippen LogP contribution in [0, 0.1) is 10.1 Å². The van der Waals surface area contributed by atoms with Crippen LogP contribution in [-0.4, -0.2) is 33.4 Å². The van der Waals surface area contributed by atoms with Crippen molar-refractivity contribution in [2.75, 3.05) is 5.88 Å². The molecular weight excluding hydrogens is 270 g/mol. The van der Waals surface area contributed by atoms with Crippen molar-refractivity contribution in [3.8, 4) is 0 Å². The number of aldehydes is 1. The van der Waals surface area contributed by atoms with E-state index in [9.17, 15) is 25.1 Å². The summed E-state index contributed by atoms with van der Waals surface area (Å²) in [5, 5.41) is 29.6. The van der Waals surface area contributed by atoms with Gasteiger partial charge in [-0.3, -0.25) is 14.9 Å². The Morgan fingerprint density at radius 2 is 2.24 bits per heavy atom. The Labute approximate surface area is 106 Å². The van der Waals surface area contributed by atoms with Gasteiger partial charge in [-0.1, -0.05) is 11.3 Å². The first-order valence-corrected chi connectivity index (χ1v) is 6.01. The van der Waals surface area contributed by atoms with E-state index < -0.39 is 17.1 Å². The van der Waals surface area contributed by atoms with Crippen LogP contribution in [0.2, 0.25) is 0 Å². The smallest absolute Gasteiger partial charge is 0.330 e. The van der Waals surface area contributed by atoms with Crippen molar-refractivity contribution in [2.24, 2.45) is 0 Å². The van der Waals surface area contributed by atoms with Crippen LogP contribution in [0.3, 0.4) is 0 Å². The van der Waals surface area contributed by atoms with Gasteiger partial charge in [-0.05, 0) is 12.5 Å². The third-order valence-corrected chi connectivity index (χ3v) is 3.38. The van der Waals surface area contributed by atoms with Gasteiger partial charge in [0.15, 0.2) is 6.29 Å². The van der Waals surface area contributed by atoms with Crippen LogP contribution in [0.1, 0.15) is 27.8 Å². The Hall–Kier alpha value is -1.02. The molecule has 0 spiro atoms. The number of carbonyl (C=O) groups is 1. The van der Waals surface area contributed by atoms with Gasteiger partial charge in [-0.25, -0.2) is 0 Å². The molecule has 0 aromatic carbocycles. The lowest BCUT2D eigenvalue weighted by molar-refractivity contribution is -0.381. The standard InChI is InChI=1S/C9H10ClNO5S/c10-2-1-7(13)8(14)6-3-5(4-12)17-9(6)11(15)16/h3-4,7-8,13-14H,1-2H2. The highest BCUT2D eigenvalue weighted by Crippen LogP contribution is 2.35. The average Bonchev–Trinajstić information content (AvgIpc) is 2.72. The fourth-order valence-corrected chi connectivity index (χ4v) is 2.36. The van der Waals surface area contributed by atoms with Crippen molar-refractivity contribution >= 4 is 34.2 Å². The molecule has 0 aliphatic heterocycles. The summed E-state index contributed by atoms with van der Waals surface area (Å²) in [6.07, 6.45) is -2.05. The Balaban J connectivity index is 3.06. The first-order chi connectivity index (χ1) is 8.01. The van der Waals surface area contributed by atoms with Gasteiger partial charge in [0.1, 0.15) is 6.10 Å². The van der Waals surface area contributed by atoms with Crippen molar-refractivity contribution in [3.63, 3.8) is 0 Å². The summed E-state index contributed by atoms with van der Waals surface area (Å²) in [6, 6.07) is 1.21. The van der Waals surface area contributed by atoms with Crippen LogP contribution in [0.4, 0.5) is 5.00 Å². The van der Waals surface area contributed by atoms with Gasteiger partial charge >= 0.3 is 5.00 Å². The van der Waals surface area contributed by atoms with Crippen molar-refractivity contribution in [3.05, 3.63) is 26.6 Å². The lowest BCUT2D eigenvalue weighted by Crippen LogP contribution is -2.18. The van der Waals surface area contributed by atoms with E-state index >= 15 is 0 Å². The molecule has 6 nitrogen and oxygen atoms in total. The summed E-state index contributed by atoms with van der Waals surface area (Å²) in [5.41, 5.74) is -0.0558. The second-order valence-electron chi connectivity index (χ2n) is 3.27. The topological polar surface area (TPSA) is 101 Å². The van der Waals surface area contributed by atoms with Gasteiger partial charge in [0, 0.05) is 5.88 Å². The lowest BCUT2D eigenvalue weighted by Gasteiger charge is -2.14. The molecule has 0 saturated carbocycles. The second kappa shape index (κ2) is 6.06. The summed E-state index contributed by atoms with van der Waals surface area (Å²) in [4.78, 5) is 20.7. The summed E-state index contributed by atoms with van der Waals surface area (Å²) in [6.45, 7) is 0. The van der Waals surface area contributed by atoms with E-state index in [-0.39, 0.29) is 27.7 Å². The molecule has 0 aliphatic rings. The van der Waals surface area contributed by atoms with Gasteiger partial charge in [0.05, 0.1) is 21.5 Å². The van der Waals surface area contributed by atoms with Crippen molar-refractivity contribution in [1.29, 1.82) is 0 Å². The SMILES string of the molecule is O=Cc1cc(C(O)C(O)CCCl)c([N+](=O)[O-])s1. The van der Waals surface area contributed by atoms with E-state index in [0.717, 1.165) is 0 Å². The molecule has 1 aromatic rings. The van der Waals surface area contributed by atoms with E-state index in [1.807, 2.05) is 0 Å². The summed E-state index contributed by atoms with van der Waals surface area (Å²) < 4.78 is 0. The molecule has 2 atom stereocenters. The minimum absolute atomic E-state index is 0.0558. The first-order valence-electron chi connectivity index (χ1n) is 4.66. The monoisotopic (exact) mass is 279 g/mol. The van der Waals surface area contributed by atoms with Gasteiger partial charge < -0.3 is 10.2 Å². The van der Waals surface area contributed by atoms with Crippen LogP contribution >= 0.6 is 22.9 Å². The maximum absolute atomic E-state index is 10.7. The number of thiophene rings is 1. The maximum Gasteiger partial charge on any atom is 0.330 e. The van der Waals surface area contributed by atoms with Crippen LogP contribution in [0.25, 0.3) is 0 Å². The number of hydrogen-bond acceptors (Lipinski definition) is 6. The number of hydrogen-bond donors (Lipinski definition) is 2. The predicted molar refractivity (Wildman–Crippen MR) is 62.7 cm³/mol. The molecule has 8 heteroatoms. The number of nitrogens with zero attached hydrogens (tertiary/aromatic N) is 1. The van der Waals surface area contributed by atoms with Crippen molar-refractivity contribution in [1.82, 2.24) is 0 Å². The molecule has 0 saturated heterocycles. The minimum Gasteiger partial charge on any atom is -0.390 e. The third kappa shape index (κ3) is 3.22. The highest BCUT2D eigenvalue weighted by molar-refractivity contribution is 7.17. The molecule has 0 amide bonds. The molecule has 0 fully saturated rings. The van der Waals surface area contributed by atoms with Crippen molar-refractivity contribution < 1.29 is 19.9 Å². The Bertz CT molecular complexity index is 422. The van der Waals surface area contributed by atoms with Gasteiger partial charge in [-0.2, -0.15) is 0 Å². The van der Waals surface area contributed by atoms with E-state index in [1.54, 1.807) is 0 Å². The number of carbonyl (C=O) groups excluding carboxylic acids is 1. The van der Waals surface area contributed by atoms with Gasteiger partial charge in [-0.15, -0.1) is 11.6 Å². The summed E-state index contributed by atoms with van der Waals surface area (Å²) in [7, 11) is 0. The lowest BCUT2D eigenvalue weighted by atomic mass is 10.0. The van der Waals surface area contributed by atoms with E-state index in [0.29, 0.717) is 17.6 Å². The Morgan fingerprint density at radius 3 is 2.71 bits per heavy atom. The Kier molecular flexibility index (Phi) is 5.01. The number of halogens is 1. The minimum atomic E-state index is -1.42. The number of rotatable bonds is 6. The molecule has 94 valence electrons. The van der Waals surface area contributed by atoms with Crippen LogP contribution in [0.5, 0.6) is 0 Å². The highest BCUT2D eigenvalue weighted by Gasteiger charge is 2.29. The third-order valence-electron chi connectivity index (χ3n) is 2.13.